The van der Waals surface area contributed by atoms with Gasteiger partial charge in [-0.15, -0.1) is 37.2 Å². The molecular weight excluding hydrogens is 2020 g/mol. The van der Waals surface area contributed by atoms with E-state index in [1.807, 2.05) is 87.7 Å². The maximum atomic E-state index is 12.3. The van der Waals surface area contributed by atoms with Crippen LogP contribution in [0, 0.1) is 11.4 Å². The molecule has 3 unspecified atom stereocenters. The number of halogens is 5. The van der Waals surface area contributed by atoms with Crippen LogP contribution in [-0.4, -0.2) is 226 Å². The predicted molar refractivity (Wildman–Crippen MR) is 600 cm³/mol. The quantitative estimate of drug-likeness (QED) is 0.0216. The zero-order chi connectivity index (χ0) is 106. The van der Waals surface area contributed by atoms with E-state index >= 15 is 0 Å². The minimum absolute atomic E-state index is 0. The summed E-state index contributed by atoms with van der Waals surface area (Å²) in [6, 6.07) is 54.9. The van der Waals surface area contributed by atoms with E-state index in [9.17, 15) is 19.2 Å². The number of phenolic OH excluding ortho intramolecular Hbond substituents is 1. The number of Topliss-reactive ketones (excluding diaryl/α,β-unsaturated/α-hetero) is 2. The van der Waals surface area contributed by atoms with Gasteiger partial charge < -0.3 is 96.3 Å². The summed E-state index contributed by atoms with van der Waals surface area (Å²) < 4.78 is 75.6. The minimum atomic E-state index is -0.443. The summed E-state index contributed by atoms with van der Waals surface area (Å²) in [5.41, 5.74) is 20.2. The molecule has 21 rings (SSSR count). The van der Waals surface area contributed by atoms with Crippen molar-refractivity contribution in [3.05, 3.63) is 218 Å². The lowest BCUT2D eigenvalue weighted by molar-refractivity contribution is 0.0182. The number of aliphatic hydroxyl groups is 1. The van der Waals surface area contributed by atoms with Gasteiger partial charge >= 0.3 is 12.2 Å². The number of likely N-dealkylation sites (tertiary alicyclic amines) is 3. The number of rotatable bonds is 18. The lowest BCUT2D eigenvalue weighted by Crippen LogP contribution is -2.47. The highest BCUT2D eigenvalue weighted by Gasteiger charge is 2.35. The molecule has 9 aliphatic heterocycles. The van der Waals surface area contributed by atoms with Crippen molar-refractivity contribution in [2.75, 3.05) is 118 Å². The van der Waals surface area contributed by atoms with Crippen LogP contribution in [0.25, 0.3) is 0 Å². The molecule has 0 bridgehead atoms. The standard InChI is InChI=1S/C26H35N3O.C24H37N3O3.C19H29N3O.C14H17NO2.C11H21NO2.C9H8O2.C7H7Br.C5H11NO.ClHN4.3ClH/c1-2-4-20(5-3-1)19-29-16-12-22(13-17-29)28-26-9-6-21-18-24(7-8-25(21)26)30-23-10-14-27-15-11-23;1-24(2,3)30-23(28)27-14-10-18(11-15-27)26-22-7-4-17-16-20(5-6-21(17)22)29-19-8-12-25-13-9-19;1-4-19(22-15-5-9-20-10-6-15)18-3-2-17(13-14(1)18)23-16-7-11-21-12-8-16;16-14-4-1-10-9-12(2-3-13(10)14)17-11-5-7-15-8-6-11;1-9-5-7-12(8-6-9)10(13)14-11(2,3)4;10-7-2-3-8-6(5-7)1-4-9(8)11;8-6-7-4-2-1-3-5-7;7-5-1-3-6-4-2-5;1-3-5-4-2;;;/h1-5,7-8,18,22-23,26-28H,6,9-17,19H2;5-6,16,18-19,22,25-26H,4,7-15H2,1-3H3;2-3,13,15-16,19-22H,1,4-12H2;2-3,9,11,15H,1,4-8H2;9H,5-8H2,1-4H3;2-3,5,10H,1,4H2;1-5H,6H2;5-7H,1-4H2;2H;3*1H/i/hT5. The van der Waals surface area contributed by atoms with Crippen molar-refractivity contribution in [2.24, 2.45) is 21.0 Å². The predicted octanol–water partition coefficient (Wildman–Crippen LogP) is 21.2. The van der Waals surface area contributed by atoms with Crippen LogP contribution in [0.15, 0.2) is 167 Å². The molecule has 0 spiro atoms. The van der Waals surface area contributed by atoms with E-state index < -0.39 is 5.60 Å². The summed E-state index contributed by atoms with van der Waals surface area (Å²) >= 11 is 7.90. The lowest BCUT2D eigenvalue weighted by atomic mass is 10.00. The Kier molecular flexibility index (Phi) is 49.3. The van der Waals surface area contributed by atoms with Crippen molar-refractivity contribution in [3.63, 3.8) is 0 Å². The third-order valence-corrected chi connectivity index (χ3v) is 29.8. The number of aliphatic hydroxyl groups excluding tert-OH is 1. The Labute approximate surface area is 919 Å². The summed E-state index contributed by atoms with van der Waals surface area (Å²) in [7, 11) is 0. The van der Waals surface area contributed by atoms with Gasteiger partial charge in [-0.05, 0) is 445 Å². The van der Waals surface area contributed by atoms with Gasteiger partial charge in [0.15, 0.2) is 11.6 Å². The van der Waals surface area contributed by atoms with Gasteiger partial charge in [0, 0.05) is 98.3 Å². The molecule has 0 aromatic heterocycles. The summed E-state index contributed by atoms with van der Waals surface area (Å²) in [4.78, 5) is 52.8. The van der Waals surface area contributed by atoms with Gasteiger partial charge in [-0.2, -0.15) is 5.53 Å². The molecule has 9 fully saturated rings. The van der Waals surface area contributed by atoms with Gasteiger partial charge in [-0.25, -0.2) is 9.59 Å². The number of nitrogens with one attached hydrogen (secondary N) is 10. The Morgan fingerprint density at radius 2 is 0.764 bits per heavy atom. The molecule has 816 valence electrons. The molecule has 12 N–H and O–H groups in total. The van der Waals surface area contributed by atoms with E-state index in [0.29, 0.717) is 49.1 Å². The molecule has 148 heavy (non-hydrogen) atoms. The third-order valence-electron chi connectivity index (χ3n) is 29.1. The first-order valence-electron chi connectivity index (χ1n) is 56.1. The van der Waals surface area contributed by atoms with Gasteiger partial charge in [0.2, 0.25) is 0 Å². The number of nitrogens with zero attached hydrogens (tertiary/aromatic N) is 6. The number of amides is 2. The van der Waals surface area contributed by atoms with Gasteiger partial charge in [0.25, 0.3) is 0 Å². The highest BCUT2D eigenvalue weighted by atomic mass is 79.9. The number of alkyl halides is 1. The molecule has 33 heteroatoms. The Balaban J connectivity index is 0.000000183. The smallest absolute Gasteiger partial charge is 0.410 e. The fourth-order valence-corrected chi connectivity index (χ4v) is 21.4. The summed E-state index contributed by atoms with van der Waals surface area (Å²) in [5, 5.41) is 47.1. The maximum Gasteiger partial charge on any atom is 0.410 e. The zero-order valence-electron chi connectivity index (χ0n) is 93.2. The Morgan fingerprint density at radius 1 is 0.426 bits per heavy atom. The van der Waals surface area contributed by atoms with Crippen molar-refractivity contribution < 1.29 is 64.9 Å². The Hall–Kier alpha value is -8.18. The summed E-state index contributed by atoms with van der Waals surface area (Å²) in [6.07, 6.45) is 28.3. The van der Waals surface area contributed by atoms with Crippen LogP contribution in [0.2, 0.25) is 7.06 Å². The number of fused-ring (bicyclic) bond motifs is 5. The van der Waals surface area contributed by atoms with Crippen LogP contribution >= 0.6 is 64.9 Å². The molecule has 0 saturated carbocycles. The number of hydrogen-bond acceptors (Lipinski definition) is 24. The first-order valence-corrected chi connectivity index (χ1v) is 55.4. The number of piperidine rings is 9. The second-order valence-electron chi connectivity index (χ2n) is 42.6. The SMILES string of the molecule is BrCc1ccccc1.CC1CCN(C(=O)OC(C)(C)C)CC1.Cl.Cl.Cl.N=NN=NCl.O=C1CCc2cc(O)ccc21.[3H]N1CCC(O)CC1.[3H]N1CCC(Oc2ccc3c(c2)CCC3=O)CC1.[3H]N1CCC(Oc2ccc3c(c2)CCC3NC2CCN(C(=O)OC(C)(C)C)CC2)CC1.[3H]N1CCC(Oc2ccc3c(c2)CCC3NC2CCN(Cc3ccccc3)CC2)CC1.[3H]N1CCC(Oc2ccc3c(c2)CCC3NC2CCNCC2)CC1. The van der Waals surface area contributed by atoms with Crippen molar-refractivity contribution in [2.45, 2.75) is 318 Å². The number of phenols is 1. The molecule has 9 heterocycles. The van der Waals surface area contributed by atoms with Crippen LogP contribution in [0.3, 0.4) is 0 Å². The fourth-order valence-electron chi connectivity index (χ4n) is 21.0. The lowest BCUT2D eigenvalue weighted by Gasteiger charge is -2.35. The summed E-state index contributed by atoms with van der Waals surface area (Å²) in [6.45, 7) is 30.4. The van der Waals surface area contributed by atoms with Crippen molar-refractivity contribution in [3.8, 4) is 28.7 Å². The third kappa shape index (κ3) is 41.3. The first kappa shape index (κ1) is 114. The van der Waals surface area contributed by atoms with Gasteiger partial charge in [0.1, 0.15) is 71.4 Å². The number of benzene rings is 7. The maximum absolute atomic E-state index is 12.3. The summed E-state index contributed by atoms with van der Waals surface area (Å²) in [5.74, 6) is 5.29. The molecule has 7 aromatic carbocycles. The fraction of sp³-hybridized carbons (Fsp3) is 0.600. The average Bonchev–Trinajstić information content (AvgIpc) is 1.68. The number of ketones is 2. The van der Waals surface area contributed by atoms with Crippen LogP contribution in [-0.2, 0) is 53.5 Å². The van der Waals surface area contributed by atoms with Gasteiger partial charge in [-0.3, -0.25) is 14.5 Å². The van der Waals surface area contributed by atoms with E-state index in [0.717, 1.165) is 296 Å². The van der Waals surface area contributed by atoms with Crippen molar-refractivity contribution >= 4 is 88.7 Å². The first-order chi connectivity index (χ1) is 72.3. The largest absolute Gasteiger partial charge is 0.508 e. The zero-order valence-corrected chi connectivity index (χ0v) is 93.0. The average molecular weight is 2200 g/mol. The van der Waals surface area contributed by atoms with E-state index in [1.54, 1.807) is 39.4 Å². The molecule has 3 atom stereocenters. The molecule has 0 radical (unpaired) electrons. The number of ether oxygens (including phenoxy) is 6. The molecular formula is C115H169BrCl4N16O12. The molecule has 28 nitrogen and oxygen atoms in total. The van der Waals surface area contributed by atoms with Gasteiger partial charge in [0.05, 0.1) is 17.9 Å². The molecule has 7 aromatic rings. The van der Waals surface area contributed by atoms with Crippen LogP contribution in [0.1, 0.15) is 291 Å². The number of hydrogen-bond donors (Lipinski definition) is 12. The van der Waals surface area contributed by atoms with Crippen molar-refractivity contribution in [1.29, 1.82) is 5.53 Å². The van der Waals surface area contributed by atoms with E-state index in [-0.39, 0.29) is 103 Å². The molecule has 9 saturated heterocycles. The topological polar surface area (TPSA) is 343 Å². The highest BCUT2D eigenvalue weighted by molar-refractivity contribution is 9.08. The second-order valence-corrected chi connectivity index (χ2v) is 43.3. The monoisotopic (exact) mass is 2200 g/mol. The van der Waals surface area contributed by atoms with Crippen LogP contribution in [0.4, 0.5) is 9.59 Å². The van der Waals surface area contributed by atoms with Crippen molar-refractivity contribution in [1.82, 2.24) is 62.5 Å². The number of aryl methyl sites for hydroxylation is 5. The highest BCUT2D eigenvalue weighted by Crippen LogP contribution is 2.40. The second kappa shape index (κ2) is 64.1. The molecule has 5 aliphatic carbocycles. The van der Waals surface area contributed by atoms with Crippen LogP contribution < -0.4 is 66.8 Å². The molecule has 2 amide bonds. The Morgan fingerprint density at radius 3 is 1.11 bits per heavy atom. The van der Waals surface area contributed by atoms with E-state index in [2.05, 4.69) is 173 Å². The normalized spacial score (nSPS) is 22.0. The van der Waals surface area contributed by atoms with E-state index in [1.165, 1.54) is 101 Å². The minimum Gasteiger partial charge on any atom is -0.508 e. The number of carbonyl (C=O) groups excluding carboxylic acids is 4. The Bertz CT molecular complexity index is 5320. The molecule has 14 aliphatic rings. The number of carbonyl (C=O) groups is 4. The van der Waals surface area contributed by atoms with Gasteiger partial charge in [-0.1, -0.05) is 106 Å². The van der Waals surface area contributed by atoms with Crippen LogP contribution in [0.5, 0.6) is 28.7 Å². The van der Waals surface area contributed by atoms with E-state index in [4.69, 9.17) is 51.2 Å². The number of aromatic hydroxyl groups is 1.